The van der Waals surface area contributed by atoms with Crippen LogP contribution in [0.25, 0.3) is 0 Å². The van der Waals surface area contributed by atoms with Gasteiger partial charge >= 0.3 is 12.1 Å². The zero-order chi connectivity index (χ0) is 21.7. The van der Waals surface area contributed by atoms with Gasteiger partial charge in [0.15, 0.2) is 6.10 Å². The van der Waals surface area contributed by atoms with E-state index < -0.39 is 40.0 Å². The van der Waals surface area contributed by atoms with Gasteiger partial charge in [0.05, 0.1) is 26.0 Å². The average Bonchev–Trinajstić information content (AvgIpc) is 2.80. The van der Waals surface area contributed by atoms with Crippen LogP contribution in [0.1, 0.15) is 26.3 Å². The van der Waals surface area contributed by atoms with Crippen molar-refractivity contribution in [3.8, 4) is 0 Å². The molecular formula is C19H27NO8S. The van der Waals surface area contributed by atoms with Gasteiger partial charge in [-0.1, -0.05) is 30.3 Å². The van der Waals surface area contributed by atoms with Gasteiger partial charge in [-0.15, -0.1) is 0 Å². The highest BCUT2D eigenvalue weighted by molar-refractivity contribution is 7.86. The maximum atomic E-state index is 12.5. The third kappa shape index (κ3) is 8.38. The van der Waals surface area contributed by atoms with E-state index in [0.29, 0.717) is 0 Å². The minimum Gasteiger partial charge on any atom is -0.459 e. The lowest BCUT2D eigenvalue weighted by Gasteiger charge is -2.28. The Morgan fingerprint density at radius 3 is 2.41 bits per heavy atom. The molecule has 1 aliphatic rings. The maximum Gasteiger partial charge on any atom is 0.410 e. The number of hydrogen-bond donors (Lipinski definition) is 0. The van der Waals surface area contributed by atoms with Crippen LogP contribution in [-0.4, -0.2) is 69.1 Å². The van der Waals surface area contributed by atoms with Crippen LogP contribution in [0.3, 0.4) is 0 Å². The normalized spacial score (nSPS) is 20.6. The van der Waals surface area contributed by atoms with Crippen molar-refractivity contribution in [2.75, 3.05) is 26.0 Å². The molecule has 10 heteroatoms. The highest BCUT2D eigenvalue weighted by Gasteiger charge is 2.36. The molecule has 1 aromatic rings. The lowest BCUT2D eigenvalue weighted by Crippen LogP contribution is -2.45. The molecule has 0 saturated carbocycles. The fraction of sp³-hybridized carbons (Fsp3) is 0.579. The second-order valence-corrected chi connectivity index (χ2v) is 9.32. The molecule has 0 N–H and O–H groups in total. The number of nitrogens with zero attached hydrogens (tertiary/aromatic N) is 1. The first-order valence-corrected chi connectivity index (χ1v) is 10.9. The van der Waals surface area contributed by atoms with Gasteiger partial charge in [-0.05, 0) is 26.3 Å². The van der Waals surface area contributed by atoms with Crippen molar-refractivity contribution in [3.05, 3.63) is 35.9 Å². The zero-order valence-corrected chi connectivity index (χ0v) is 17.8. The molecule has 0 bridgehead atoms. The number of amides is 1. The predicted molar refractivity (Wildman–Crippen MR) is 104 cm³/mol. The predicted octanol–water partition coefficient (Wildman–Crippen LogP) is 1.71. The molecule has 0 aromatic heterocycles. The van der Waals surface area contributed by atoms with Gasteiger partial charge in [-0.3, -0.25) is 4.18 Å². The van der Waals surface area contributed by atoms with E-state index >= 15 is 0 Å². The van der Waals surface area contributed by atoms with Gasteiger partial charge in [-0.2, -0.15) is 8.42 Å². The fourth-order valence-corrected chi connectivity index (χ4v) is 3.21. The molecule has 1 fully saturated rings. The Kier molecular flexibility index (Phi) is 7.61. The number of ether oxygens (including phenoxy) is 3. The summed E-state index contributed by atoms with van der Waals surface area (Å²) in [6.07, 6.45) is -1.86. The molecular weight excluding hydrogens is 402 g/mol. The van der Waals surface area contributed by atoms with Crippen molar-refractivity contribution in [1.29, 1.82) is 0 Å². The van der Waals surface area contributed by atoms with Gasteiger partial charge < -0.3 is 19.1 Å². The Morgan fingerprint density at radius 1 is 1.17 bits per heavy atom. The summed E-state index contributed by atoms with van der Waals surface area (Å²) in [4.78, 5) is 26.2. The molecule has 2 rings (SSSR count). The number of rotatable bonds is 5. The van der Waals surface area contributed by atoms with E-state index in [2.05, 4.69) is 0 Å². The van der Waals surface area contributed by atoms with E-state index in [1.54, 1.807) is 20.8 Å². The molecule has 0 spiro atoms. The SMILES string of the molecule is CC(C)(C)OC(=O)N1CC(OS(C)(=O)=O)CO[C@H](C(=O)OCc2ccccc2)C1. The number of carbonyl (C=O) groups is 2. The molecule has 162 valence electrons. The van der Waals surface area contributed by atoms with E-state index in [0.717, 1.165) is 11.8 Å². The maximum absolute atomic E-state index is 12.5. The Hall–Kier alpha value is -2.17. The first kappa shape index (κ1) is 23.1. The Morgan fingerprint density at radius 2 is 1.83 bits per heavy atom. The van der Waals surface area contributed by atoms with Crippen LogP contribution in [0, 0.1) is 0 Å². The van der Waals surface area contributed by atoms with Crippen LogP contribution in [0.2, 0.25) is 0 Å². The fourth-order valence-electron chi connectivity index (χ4n) is 2.59. The Labute approximate surface area is 171 Å². The molecule has 1 heterocycles. The molecule has 1 unspecified atom stereocenters. The lowest BCUT2D eigenvalue weighted by molar-refractivity contribution is -0.159. The third-order valence-corrected chi connectivity index (χ3v) is 4.36. The lowest BCUT2D eigenvalue weighted by atomic mass is 10.2. The zero-order valence-electron chi connectivity index (χ0n) is 17.0. The average molecular weight is 429 g/mol. The topological polar surface area (TPSA) is 108 Å². The number of hydrogen-bond acceptors (Lipinski definition) is 8. The highest BCUT2D eigenvalue weighted by atomic mass is 32.2. The summed E-state index contributed by atoms with van der Waals surface area (Å²) in [6, 6.07) is 9.11. The molecule has 1 aromatic carbocycles. The summed E-state index contributed by atoms with van der Waals surface area (Å²) >= 11 is 0. The van der Waals surface area contributed by atoms with Crippen molar-refractivity contribution >= 4 is 22.2 Å². The summed E-state index contributed by atoms with van der Waals surface area (Å²) in [5, 5.41) is 0. The van der Waals surface area contributed by atoms with E-state index in [1.165, 1.54) is 4.90 Å². The second-order valence-electron chi connectivity index (χ2n) is 7.72. The van der Waals surface area contributed by atoms with Crippen LogP contribution in [0.15, 0.2) is 30.3 Å². The van der Waals surface area contributed by atoms with Crippen molar-refractivity contribution < 1.29 is 36.4 Å². The van der Waals surface area contributed by atoms with Crippen molar-refractivity contribution in [2.45, 2.75) is 45.2 Å². The minimum atomic E-state index is -3.78. The summed E-state index contributed by atoms with van der Waals surface area (Å²) in [5.41, 5.74) is 0.0394. The number of esters is 1. The van der Waals surface area contributed by atoms with Crippen LogP contribution in [0.4, 0.5) is 4.79 Å². The number of carbonyl (C=O) groups excluding carboxylic acids is 2. The standard InChI is InChI=1S/C19H27NO8S/c1-19(2,3)27-18(22)20-10-15(28-29(4,23)24)13-25-16(11-20)17(21)26-12-14-8-6-5-7-9-14/h5-9,15-16H,10-13H2,1-4H3/t15?,16-/m0/s1. The number of benzene rings is 1. The summed E-state index contributed by atoms with van der Waals surface area (Å²) in [6.45, 7) is 4.71. The first-order valence-electron chi connectivity index (χ1n) is 9.11. The molecule has 1 amide bonds. The van der Waals surface area contributed by atoms with Gasteiger partial charge in [0, 0.05) is 0 Å². The summed E-state index contributed by atoms with van der Waals surface area (Å²) < 4.78 is 44.1. The molecule has 29 heavy (non-hydrogen) atoms. The van der Waals surface area contributed by atoms with E-state index in [1.807, 2.05) is 30.3 Å². The van der Waals surface area contributed by atoms with Gasteiger partial charge in [-0.25, -0.2) is 9.59 Å². The van der Waals surface area contributed by atoms with E-state index in [4.69, 9.17) is 18.4 Å². The van der Waals surface area contributed by atoms with Gasteiger partial charge in [0.1, 0.15) is 18.3 Å². The smallest absolute Gasteiger partial charge is 0.410 e. The molecule has 1 saturated heterocycles. The van der Waals surface area contributed by atoms with Gasteiger partial charge in [0.25, 0.3) is 10.1 Å². The first-order chi connectivity index (χ1) is 13.4. The van der Waals surface area contributed by atoms with Crippen LogP contribution in [-0.2, 0) is 39.9 Å². The summed E-state index contributed by atoms with van der Waals surface area (Å²) in [5.74, 6) is -0.664. The van der Waals surface area contributed by atoms with Crippen molar-refractivity contribution in [2.24, 2.45) is 0 Å². The van der Waals surface area contributed by atoms with Crippen LogP contribution in [0.5, 0.6) is 0 Å². The molecule has 0 radical (unpaired) electrons. The largest absolute Gasteiger partial charge is 0.459 e. The Bertz CT molecular complexity index is 803. The summed E-state index contributed by atoms with van der Waals surface area (Å²) in [7, 11) is -3.78. The highest BCUT2D eigenvalue weighted by Crippen LogP contribution is 2.17. The quantitative estimate of drug-likeness (QED) is 0.514. The van der Waals surface area contributed by atoms with Crippen LogP contribution < -0.4 is 0 Å². The van der Waals surface area contributed by atoms with Crippen molar-refractivity contribution in [3.63, 3.8) is 0 Å². The van der Waals surface area contributed by atoms with E-state index in [9.17, 15) is 18.0 Å². The second kappa shape index (κ2) is 9.55. The minimum absolute atomic E-state index is 0.0508. The molecule has 9 nitrogen and oxygen atoms in total. The Balaban J connectivity index is 2.09. The van der Waals surface area contributed by atoms with Crippen molar-refractivity contribution in [1.82, 2.24) is 4.90 Å². The molecule has 2 atom stereocenters. The van der Waals surface area contributed by atoms with E-state index in [-0.39, 0.29) is 26.3 Å². The monoisotopic (exact) mass is 429 g/mol. The molecule has 1 aliphatic heterocycles. The molecule has 0 aliphatic carbocycles. The third-order valence-electron chi connectivity index (χ3n) is 3.74. The van der Waals surface area contributed by atoms with Crippen LogP contribution >= 0.6 is 0 Å². The van der Waals surface area contributed by atoms with Gasteiger partial charge in [0.2, 0.25) is 0 Å².